The fourth-order valence-corrected chi connectivity index (χ4v) is 3.51. The summed E-state index contributed by atoms with van der Waals surface area (Å²) < 4.78 is 5.68. The summed E-state index contributed by atoms with van der Waals surface area (Å²) in [5, 5.41) is 25.2. The van der Waals surface area contributed by atoms with Gasteiger partial charge in [0, 0.05) is 17.6 Å². The number of ether oxygens (including phenoxy) is 1. The predicted molar refractivity (Wildman–Crippen MR) is 119 cm³/mol. The van der Waals surface area contributed by atoms with Crippen molar-refractivity contribution in [2.24, 2.45) is 0 Å². The number of hydrogen-bond donors (Lipinski definition) is 3. The van der Waals surface area contributed by atoms with Gasteiger partial charge in [0.2, 0.25) is 0 Å². The van der Waals surface area contributed by atoms with Gasteiger partial charge in [0.25, 0.3) is 0 Å². The summed E-state index contributed by atoms with van der Waals surface area (Å²) in [4.78, 5) is 11.0. The fraction of sp³-hybridized carbons (Fsp3) is 0.320. The number of nitrogens with one attached hydrogen (secondary N) is 1. The second kappa shape index (κ2) is 9.74. The average Bonchev–Trinajstić information content (AvgIpc) is 2.71. The van der Waals surface area contributed by atoms with Crippen LogP contribution < -0.4 is 10.1 Å². The summed E-state index contributed by atoms with van der Waals surface area (Å²) >= 11 is 0. The number of fused-ring (bicyclic) bond motifs is 1. The van der Waals surface area contributed by atoms with Gasteiger partial charge in [0.1, 0.15) is 18.5 Å². The third-order valence-electron chi connectivity index (χ3n) is 5.02. The molecule has 0 saturated heterocycles. The van der Waals surface area contributed by atoms with Gasteiger partial charge in [-0.25, -0.2) is 0 Å². The minimum absolute atomic E-state index is 0.0929. The SMILES string of the molecule is CC(C)(Cc1ccc2ccccc2c1)NCC(O)COc1ccccc1CC(=O)O. The molecular weight excluding hydrogens is 378 g/mol. The lowest BCUT2D eigenvalue weighted by Gasteiger charge is -2.28. The third-order valence-corrected chi connectivity index (χ3v) is 5.02. The second-order valence-electron chi connectivity index (χ2n) is 8.27. The third kappa shape index (κ3) is 6.31. The molecule has 0 aliphatic carbocycles. The zero-order valence-corrected chi connectivity index (χ0v) is 17.5. The van der Waals surface area contributed by atoms with Crippen LogP contribution in [0.2, 0.25) is 0 Å². The van der Waals surface area contributed by atoms with Crippen LogP contribution in [0.4, 0.5) is 0 Å². The van der Waals surface area contributed by atoms with E-state index in [1.165, 1.54) is 16.3 Å². The number of rotatable bonds is 10. The highest BCUT2D eigenvalue weighted by Crippen LogP contribution is 2.20. The van der Waals surface area contributed by atoms with Crippen LogP contribution in [0.5, 0.6) is 5.75 Å². The van der Waals surface area contributed by atoms with Crippen LogP contribution in [0.1, 0.15) is 25.0 Å². The first-order valence-electron chi connectivity index (χ1n) is 10.2. The van der Waals surface area contributed by atoms with E-state index < -0.39 is 12.1 Å². The highest BCUT2D eigenvalue weighted by atomic mass is 16.5. The summed E-state index contributed by atoms with van der Waals surface area (Å²) in [6, 6.07) is 21.8. The number of aliphatic carboxylic acids is 1. The molecule has 0 aliphatic heterocycles. The minimum Gasteiger partial charge on any atom is -0.491 e. The monoisotopic (exact) mass is 407 g/mol. The zero-order valence-electron chi connectivity index (χ0n) is 17.5. The molecule has 0 fully saturated rings. The lowest BCUT2D eigenvalue weighted by Crippen LogP contribution is -2.46. The highest BCUT2D eigenvalue weighted by Gasteiger charge is 2.20. The van der Waals surface area contributed by atoms with Gasteiger partial charge < -0.3 is 20.3 Å². The van der Waals surface area contributed by atoms with Crippen molar-refractivity contribution in [1.82, 2.24) is 5.32 Å². The molecule has 0 aliphatic rings. The molecule has 5 heteroatoms. The van der Waals surface area contributed by atoms with E-state index in [0.29, 0.717) is 17.9 Å². The van der Waals surface area contributed by atoms with E-state index in [-0.39, 0.29) is 18.6 Å². The maximum absolute atomic E-state index is 11.0. The van der Waals surface area contributed by atoms with Gasteiger partial charge in [-0.1, -0.05) is 60.7 Å². The van der Waals surface area contributed by atoms with Gasteiger partial charge >= 0.3 is 5.97 Å². The number of aliphatic hydroxyl groups excluding tert-OH is 1. The summed E-state index contributed by atoms with van der Waals surface area (Å²) in [7, 11) is 0. The van der Waals surface area contributed by atoms with Crippen molar-refractivity contribution in [3.05, 3.63) is 77.9 Å². The van der Waals surface area contributed by atoms with Crippen molar-refractivity contribution in [1.29, 1.82) is 0 Å². The molecule has 0 aromatic heterocycles. The lowest BCUT2D eigenvalue weighted by atomic mass is 9.93. The van der Waals surface area contributed by atoms with Gasteiger partial charge in [-0.2, -0.15) is 0 Å². The molecule has 5 nitrogen and oxygen atoms in total. The lowest BCUT2D eigenvalue weighted by molar-refractivity contribution is -0.136. The zero-order chi connectivity index (χ0) is 21.6. The van der Waals surface area contributed by atoms with E-state index >= 15 is 0 Å². The molecule has 3 aromatic rings. The first-order chi connectivity index (χ1) is 14.3. The summed E-state index contributed by atoms with van der Waals surface area (Å²) in [6.07, 6.45) is 0.00894. The molecule has 1 atom stereocenters. The van der Waals surface area contributed by atoms with Crippen molar-refractivity contribution < 1.29 is 19.7 Å². The number of carboxylic acids is 1. The van der Waals surface area contributed by atoms with E-state index in [4.69, 9.17) is 9.84 Å². The molecule has 0 bridgehead atoms. The van der Waals surface area contributed by atoms with E-state index in [2.05, 4.69) is 49.5 Å². The average molecular weight is 408 g/mol. The molecule has 3 N–H and O–H groups in total. The van der Waals surface area contributed by atoms with Crippen LogP contribution in [0.25, 0.3) is 10.8 Å². The number of aliphatic hydroxyl groups is 1. The van der Waals surface area contributed by atoms with Gasteiger partial charge in [0.05, 0.1) is 6.42 Å². The molecule has 1 unspecified atom stereocenters. The van der Waals surface area contributed by atoms with Gasteiger partial charge in [-0.05, 0) is 42.7 Å². The topological polar surface area (TPSA) is 78.8 Å². The van der Waals surface area contributed by atoms with Crippen molar-refractivity contribution >= 4 is 16.7 Å². The fourth-order valence-electron chi connectivity index (χ4n) is 3.51. The van der Waals surface area contributed by atoms with E-state index in [1.807, 2.05) is 12.1 Å². The van der Waals surface area contributed by atoms with Crippen LogP contribution in [-0.2, 0) is 17.6 Å². The Hall–Kier alpha value is -2.89. The Kier molecular flexibility index (Phi) is 7.08. The summed E-state index contributed by atoms with van der Waals surface area (Å²) in [6.45, 7) is 4.69. The van der Waals surface area contributed by atoms with Gasteiger partial charge in [-0.3, -0.25) is 4.79 Å². The molecule has 0 radical (unpaired) electrons. The standard InChI is InChI=1S/C25H29NO4/c1-25(2,15-18-11-12-19-7-3-4-8-20(19)13-18)26-16-22(27)17-30-23-10-6-5-9-21(23)14-24(28)29/h3-13,22,26-27H,14-17H2,1-2H3,(H,28,29). The van der Waals surface area contributed by atoms with Crippen LogP contribution in [0.15, 0.2) is 66.7 Å². The highest BCUT2D eigenvalue weighted by molar-refractivity contribution is 5.83. The van der Waals surface area contributed by atoms with Crippen LogP contribution in [0.3, 0.4) is 0 Å². The number of β-amino-alcohol motifs (C(OH)–C–C–N with tert-alkyl or cyclic N) is 1. The number of benzene rings is 3. The summed E-state index contributed by atoms with van der Waals surface area (Å²) in [5.74, 6) is -0.418. The minimum atomic E-state index is -0.913. The molecule has 0 heterocycles. The summed E-state index contributed by atoms with van der Waals surface area (Å²) in [5.41, 5.74) is 1.63. The second-order valence-corrected chi connectivity index (χ2v) is 8.27. The number of carbonyl (C=O) groups is 1. The molecular formula is C25H29NO4. The van der Waals surface area contributed by atoms with Crippen molar-refractivity contribution in [3.8, 4) is 5.75 Å². The number of para-hydroxylation sites is 1. The van der Waals surface area contributed by atoms with E-state index in [9.17, 15) is 9.90 Å². The van der Waals surface area contributed by atoms with Crippen LogP contribution >= 0.6 is 0 Å². The molecule has 0 spiro atoms. The Labute approximate surface area is 177 Å². The van der Waals surface area contributed by atoms with Crippen LogP contribution in [-0.4, -0.2) is 41.0 Å². The maximum Gasteiger partial charge on any atom is 0.307 e. The number of hydrogen-bond acceptors (Lipinski definition) is 4. The van der Waals surface area contributed by atoms with Crippen molar-refractivity contribution in [3.63, 3.8) is 0 Å². The van der Waals surface area contributed by atoms with Gasteiger partial charge in [-0.15, -0.1) is 0 Å². The molecule has 3 aromatic carbocycles. The predicted octanol–water partition coefficient (Wildman–Crippen LogP) is 3.82. The Bertz CT molecular complexity index is 999. The molecule has 158 valence electrons. The van der Waals surface area contributed by atoms with Crippen molar-refractivity contribution in [2.45, 2.75) is 38.3 Å². The largest absolute Gasteiger partial charge is 0.491 e. The Morgan fingerprint density at radius 1 is 1.03 bits per heavy atom. The number of carboxylic acid groups (broad SMARTS) is 1. The maximum atomic E-state index is 11.0. The molecule has 0 amide bonds. The van der Waals surface area contributed by atoms with Crippen molar-refractivity contribution in [2.75, 3.05) is 13.2 Å². The molecule has 0 saturated carbocycles. The first-order valence-corrected chi connectivity index (χ1v) is 10.2. The Morgan fingerprint density at radius 3 is 2.50 bits per heavy atom. The quantitative estimate of drug-likeness (QED) is 0.476. The normalized spacial score (nSPS) is 12.6. The first kappa shape index (κ1) is 21.8. The Balaban J connectivity index is 1.52. The smallest absolute Gasteiger partial charge is 0.307 e. The molecule has 30 heavy (non-hydrogen) atoms. The van der Waals surface area contributed by atoms with E-state index in [1.54, 1.807) is 24.3 Å². The van der Waals surface area contributed by atoms with Crippen LogP contribution in [0, 0.1) is 0 Å². The van der Waals surface area contributed by atoms with E-state index in [0.717, 1.165) is 6.42 Å². The van der Waals surface area contributed by atoms with Gasteiger partial charge in [0.15, 0.2) is 0 Å². The Morgan fingerprint density at radius 2 is 1.73 bits per heavy atom. The molecule has 3 rings (SSSR count).